The Hall–Kier alpha value is -0.930. The second-order valence-electron chi connectivity index (χ2n) is 3.95. The van der Waals surface area contributed by atoms with E-state index in [1.807, 2.05) is 12.4 Å². The molecule has 0 bridgehead atoms. The lowest BCUT2D eigenvalue weighted by atomic mass is 10.0. The maximum Gasteiger partial charge on any atom is 0.0587 e. The van der Waals surface area contributed by atoms with E-state index in [1.54, 1.807) is 7.11 Å². The molecular formula is C12H20N2O. The van der Waals surface area contributed by atoms with Gasteiger partial charge in [-0.3, -0.25) is 4.98 Å². The van der Waals surface area contributed by atoms with E-state index in [9.17, 15) is 0 Å². The maximum absolute atomic E-state index is 4.96. The molecule has 0 atom stereocenters. The van der Waals surface area contributed by atoms with E-state index in [0.717, 1.165) is 19.7 Å². The lowest BCUT2D eigenvalue weighted by Gasteiger charge is -2.08. The summed E-state index contributed by atoms with van der Waals surface area (Å²) in [6, 6.07) is 2.21. The lowest BCUT2D eigenvalue weighted by Crippen LogP contribution is -2.18. The van der Waals surface area contributed by atoms with Gasteiger partial charge in [0.05, 0.1) is 6.61 Å². The van der Waals surface area contributed by atoms with Gasteiger partial charge in [-0.05, 0) is 17.0 Å². The monoisotopic (exact) mass is 208 g/mol. The second kappa shape index (κ2) is 6.53. The van der Waals surface area contributed by atoms with Crippen molar-refractivity contribution in [2.45, 2.75) is 26.3 Å². The quantitative estimate of drug-likeness (QED) is 0.725. The second-order valence-corrected chi connectivity index (χ2v) is 3.95. The van der Waals surface area contributed by atoms with Crippen LogP contribution >= 0.6 is 0 Å². The number of rotatable bonds is 6. The highest BCUT2D eigenvalue weighted by Gasteiger charge is 2.00. The van der Waals surface area contributed by atoms with Crippen LogP contribution in [-0.2, 0) is 11.3 Å². The molecule has 1 aromatic heterocycles. The van der Waals surface area contributed by atoms with Gasteiger partial charge in [0.1, 0.15) is 0 Å². The largest absolute Gasteiger partial charge is 0.383 e. The lowest BCUT2D eigenvalue weighted by molar-refractivity contribution is 0.199. The van der Waals surface area contributed by atoms with Crippen molar-refractivity contribution in [2.24, 2.45) is 0 Å². The van der Waals surface area contributed by atoms with E-state index in [0.29, 0.717) is 5.92 Å². The Labute approximate surface area is 91.9 Å². The maximum atomic E-state index is 4.96. The normalized spacial score (nSPS) is 10.9. The van der Waals surface area contributed by atoms with E-state index >= 15 is 0 Å². The van der Waals surface area contributed by atoms with Gasteiger partial charge in [-0.2, -0.15) is 0 Å². The minimum atomic E-state index is 0.538. The molecule has 0 spiro atoms. The molecular weight excluding hydrogens is 188 g/mol. The third kappa shape index (κ3) is 4.40. The summed E-state index contributed by atoms with van der Waals surface area (Å²) in [5.41, 5.74) is 2.53. The van der Waals surface area contributed by atoms with E-state index in [-0.39, 0.29) is 0 Å². The van der Waals surface area contributed by atoms with Crippen LogP contribution in [0.2, 0.25) is 0 Å². The highest BCUT2D eigenvalue weighted by molar-refractivity contribution is 5.20. The van der Waals surface area contributed by atoms with Crippen LogP contribution in [0.1, 0.15) is 30.9 Å². The predicted molar refractivity (Wildman–Crippen MR) is 61.9 cm³/mol. The third-order valence-corrected chi connectivity index (χ3v) is 2.29. The van der Waals surface area contributed by atoms with E-state index in [4.69, 9.17) is 4.74 Å². The molecule has 3 heteroatoms. The van der Waals surface area contributed by atoms with E-state index in [1.165, 1.54) is 11.1 Å². The third-order valence-electron chi connectivity index (χ3n) is 2.29. The number of nitrogens with zero attached hydrogens (tertiary/aromatic N) is 1. The number of pyridine rings is 1. The molecule has 0 aliphatic rings. The van der Waals surface area contributed by atoms with Crippen molar-refractivity contribution in [2.75, 3.05) is 20.3 Å². The average Bonchev–Trinajstić information content (AvgIpc) is 2.25. The van der Waals surface area contributed by atoms with Gasteiger partial charge in [0.15, 0.2) is 0 Å². The first kappa shape index (κ1) is 12.1. The topological polar surface area (TPSA) is 34.1 Å². The minimum absolute atomic E-state index is 0.538. The molecule has 0 amide bonds. The fourth-order valence-electron chi connectivity index (χ4n) is 1.33. The zero-order valence-corrected chi connectivity index (χ0v) is 9.79. The molecule has 0 aromatic carbocycles. The molecule has 15 heavy (non-hydrogen) atoms. The molecule has 1 heterocycles. The van der Waals surface area contributed by atoms with Crippen LogP contribution in [-0.4, -0.2) is 25.2 Å². The van der Waals surface area contributed by atoms with Gasteiger partial charge in [0, 0.05) is 32.6 Å². The summed E-state index contributed by atoms with van der Waals surface area (Å²) in [7, 11) is 1.71. The van der Waals surface area contributed by atoms with Crippen molar-refractivity contribution in [3.63, 3.8) is 0 Å². The first-order valence-electron chi connectivity index (χ1n) is 5.37. The Bertz CT molecular complexity index is 287. The van der Waals surface area contributed by atoms with Crippen molar-refractivity contribution in [1.82, 2.24) is 10.3 Å². The smallest absolute Gasteiger partial charge is 0.0587 e. The molecule has 0 radical (unpaired) electrons. The number of hydrogen-bond donors (Lipinski definition) is 1. The van der Waals surface area contributed by atoms with E-state index in [2.05, 4.69) is 30.2 Å². The standard InChI is InChI=1S/C12H20N2O/c1-10(2)12-6-11(8-14-9-12)7-13-4-5-15-3/h6,8-10,13H,4-5,7H2,1-3H3. The number of aromatic nitrogens is 1. The minimum Gasteiger partial charge on any atom is -0.383 e. The van der Waals surface area contributed by atoms with Gasteiger partial charge in [0.2, 0.25) is 0 Å². The predicted octanol–water partition coefficient (Wildman–Crippen LogP) is 1.94. The molecule has 0 fully saturated rings. The van der Waals surface area contributed by atoms with Crippen LogP contribution < -0.4 is 5.32 Å². The van der Waals surface area contributed by atoms with Gasteiger partial charge in [-0.1, -0.05) is 19.9 Å². The van der Waals surface area contributed by atoms with Crippen molar-refractivity contribution in [3.05, 3.63) is 29.6 Å². The molecule has 1 aromatic rings. The number of nitrogens with one attached hydrogen (secondary N) is 1. The Morgan fingerprint density at radius 1 is 1.40 bits per heavy atom. The van der Waals surface area contributed by atoms with Crippen LogP contribution in [0.5, 0.6) is 0 Å². The zero-order valence-electron chi connectivity index (χ0n) is 9.79. The molecule has 84 valence electrons. The Kier molecular flexibility index (Phi) is 5.29. The number of methoxy groups -OCH3 is 1. The van der Waals surface area contributed by atoms with Gasteiger partial charge >= 0.3 is 0 Å². The highest BCUT2D eigenvalue weighted by Crippen LogP contribution is 2.13. The molecule has 3 nitrogen and oxygen atoms in total. The van der Waals surface area contributed by atoms with Crippen LogP contribution in [0.4, 0.5) is 0 Å². The molecule has 0 aliphatic heterocycles. The first-order valence-corrected chi connectivity index (χ1v) is 5.37. The molecule has 0 saturated carbocycles. The average molecular weight is 208 g/mol. The Balaban J connectivity index is 2.43. The van der Waals surface area contributed by atoms with Crippen LogP contribution in [0.3, 0.4) is 0 Å². The number of hydrogen-bond acceptors (Lipinski definition) is 3. The summed E-state index contributed by atoms with van der Waals surface area (Å²) in [5.74, 6) is 0.538. The van der Waals surface area contributed by atoms with Gasteiger partial charge < -0.3 is 10.1 Å². The fraction of sp³-hybridized carbons (Fsp3) is 0.583. The Morgan fingerprint density at radius 3 is 2.87 bits per heavy atom. The first-order chi connectivity index (χ1) is 7.24. The molecule has 1 rings (SSSR count). The van der Waals surface area contributed by atoms with Crippen LogP contribution in [0, 0.1) is 0 Å². The van der Waals surface area contributed by atoms with Crippen LogP contribution in [0.25, 0.3) is 0 Å². The number of ether oxygens (including phenoxy) is 1. The van der Waals surface area contributed by atoms with Gasteiger partial charge in [-0.15, -0.1) is 0 Å². The zero-order chi connectivity index (χ0) is 11.1. The summed E-state index contributed by atoms with van der Waals surface area (Å²) in [5, 5.41) is 3.30. The van der Waals surface area contributed by atoms with Crippen molar-refractivity contribution < 1.29 is 4.74 Å². The fourth-order valence-corrected chi connectivity index (χ4v) is 1.33. The highest BCUT2D eigenvalue weighted by atomic mass is 16.5. The Morgan fingerprint density at radius 2 is 2.20 bits per heavy atom. The SMILES string of the molecule is COCCNCc1cncc(C(C)C)c1. The molecule has 0 saturated heterocycles. The van der Waals surface area contributed by atoms with Crippen molar-refractivity contribution in [3.8, 4) is 0 Å². The molecule has 1 N–H and O–H groups in total. The molecule has 0 aliphatic carbocycles. The van der Waals surface area contributed by atoms with Crippen molar-refractivity contribution in [1.29, 1.82) is 0 Å². The van der Waals surface area contributed by atoms with Gasteiger partial charge in [-0.25, -0.2) is 0 Å². The summed E-state index contributed by atoms with van der Waals surface area (Å²) >= 11 is 0. The van der Waals surface area contributed by atoms with Gasteiger partial charge in [0.25, 0.3) is 0 Å². The summed E-state index contributed by atoms with van der Waals surface area (Å²) in [6.45, 7) is 6.84. The van der Waals surface area contributed by atoms with E-state index < -0.39 is 0 Å². The summed E-state index contributed by atoms with van der Waals surface area (Å²) in [6.07, 6.45) is 3.84. The summed E-state index contributed by atoms with van der Waals surface area (Å²) < 4.78 is 4.96. The summed E-state index contributed by atoms with van der Waals surface area (Å²) in [4.78, 5) is 4.23. The van der Waals surface area contributed by atoms with Crippen LogP contribution in [0.15, 0.2) is 18.5 Å². The van der Waals surface area contributed by atoms with Crippen molar-refractivity contribution >= 4 is 0 Å². The molecule has 0 unspecified atom stereocenters.